The van der Waals surface area contributed by atoms with Gasteiger partial charge in [-0.3, -0.25) is 4.68 Å². The maximum Gasteiger partial charge on any atom is 0.131 e. The van der Waals surface area contributed by atoms with Crippen molar-refractivity contribution in [2.45, 2.75) is 26.8 Å². The quantitative estimate of drug-likeness (QED) is 0.789. The molecule has 0 aliphatic carbocycles. The van der Waals surface area contributed by atoms with E-state index in [-0.39, 0.29) is 0 Å². The van der Waals surface area contributed by atoms with Gasteiger partial charge in [0.05, 0.1) is 5.69 Å². The number of aryl methyl sites for hydroxylation is 2. The molecule has 0 saturated carbocycles. The number of nitrogens with zero attached hydrogens (tertiary/aromatic N) is 3. The van der Waals surface area contributed by atoms with Crippen LogP contribution in [0.2, 0.25) is 0 Å². The molecule has 2 rings (SSSR count). The molecule has 1 aromatic heterocycles. The minimum atomic E-state index is 0.583. The van der Waals surface area contributed by atoms with Crippen molar-refractivity contribution in [3.63, 3.8) is 0 Å². The molecule has 1 aliphatic heterocycles. The van der Waals surface area contributed by atoms with E-state index in [1.54, 1.807) is 0 Å². The Morgan fingerprint density at radius 1 is 1.53 bits per heavy atom. The molecule has 0 amide bonds. The summed E-state index contributed by atoms with van der Waals surface area (Å²) in [7, 11) is 2.00. The summed E-state index contributed by atoms with van der Waals surface area (Å²) >= 11 is 0. The van der Waals surface area contributed by atoms with Crippen molar-refractivity contribution in [3.8, 4) is 0 Å². The normalized spacial score (nSPS) is 21.3. The van der Waals surface area contributed by atoms with E-state index in [4.69, 9.17) is 5.73 Å². The van der Waals surface area contributed by atoms with Crippen LogP contribution in [0.1, 0.15) is 24.6 Å². The first-order valence-electron chi connectivity index (χ1n) is 5.61. The van der Waals surface area contributed by atoms with Crippen molar-refractivity contribution < 1.29 is 0 Å². The fourth-order valence-corrected chi connectivity index (χ4v) is 2.45. The standard InChI is InChI=1S/C11H20N4/c1-8-4-5-15(7-8)11-10(6-12)9(2)13-14(11)3/h8H,4-7,12H2,1-3H3. The van der Waals surface area contributed by atoms with Crippen LogP contribution < -0.4 is 10.6 Å². The summed E-state index contributed by atoms with van der Waals surface area (Å²) in [6.07, 6.45) is 1.27. The minimum Gasteiger partial charge on any atom is -0.356 e. The maximum absolute atomic E-state index is 5.79. The van der Waals surface area contributed by atoms with Crippen LogP contribution >= 0.6 is 0 Å². The number of hydrogen-bond donors (Lipinski definition) is 1. The van der Waals surface area contributed by atoms with Gasteiger partial charge in [0.15, 0.2) is 0 Å². The first-order valence-corrected chi connectivity index (χ1v) is 5.61. The smallest absolute Gasteiger partial charge is 0.131 e. The van der Waals surface area contributed by atoms with Crippen LogP contribution in [-0.4, -0.2) is 22.9 Å². The summed E-state index contributed by atoms with van der Waals surface area (Å²) in [6, 6.07) is 0. The lowest BCUT2D eigenvalue weighted by atomic mass is 10.2. The Hall–Kier alpha value is -1.03. The van der Waals surface area contributed by atoms with Gasteiger partial charge in [0.1, 0.15) is 5.82 Å². The molecule has 84 valence electrons. The van der Waals surface area contributed by atoms with E-state index in [2.05, 4.69) is 16.9 Å². The molecular formula is C11H20N4. The van der Waals surface area contributed by atoms with E-state index >= 15 is 0 Å². The number of nitrogens with two attached hydrogens (primary N) is 1. The predicted molar refractivity (Wildman–Crippen MR) is 61.8 cm³/mol. The van der Waals surface area contributed by atoms with Gasteiger partial charge in [0.25, 0.3) is 0 Å². The van der Waals surface area contributed by atoms with E-state index in [9.17, 15) is 0 Å². The van der Waals surface area contributed by atoms with Gasteiger partial charge in [-0.05, 0) is 19.3 Å². The lowest BCUT2D eigenvalue weighted by Crippen LogP contribution is -2.23. The van der Waals surface area contributed by atoms with Crippen molar-refractivity contribution in [2.75, 3.05) is 18.0 Å². The van der Waals surface area contributed by atoms with Gasteiger partial charge < -0.3 is 10.6 Å². The molecular weight excluding hydrogens is 188 g/mol. The second kappa shape index (κ2) is 3.85. The Morgan fingerprint density at radius 2 is 2.27 bits per heavy atom. The van der Waals surface area contributed by atoms with E-state index in [0.717, 1.165) is 24.7 Å². The molecule has 1 aromatic rings. The monoisotopic (exact) mass is 208 g/mol. The Kier molecular flexibility index (Phi) is 2.69. The van der Waals surface area contributed by atoms with Crippen molar-refractivity contribution >= 4 is 5.82 Å². The molecule has 0 spiro atoms. The highest BCUT2D eigenvalue weighted by molar-refractivity contribution is 5.50. The van der Waals surface area contributed by atoms with Gasteiger partial charge in [0, 0.05) is 32.2 Å². The largest absolute Gasteiger partial charge is 0.356 e. The molecule has 1 atom stereocenters. The third-order valence-electron chi connectivity index (χ3n) is 3.24. The second-order valence-corrected chi connectivity index (χ2v) is 4.56. The summed E-state index contributed by atoms with van der Waals surface area (Å²) in [4.78, 5) is 2.41. The molecule has 0 aromatic carbocycles. The SMILES string of the molecule is Cc1nn(C)c(N2CCC(C)C2)c1CN. The summed E-state index contributed by atoms with van der Waals surface area (Å²) in [5.74, 6) is 2.00. The molecule has 4 nitrogen and oxygen atoms in total. The van der Waals surface area contributed by atoms with Gasteiger partial charge >= 0.3 is 0 Å². The number of anilines is 1. The van der Waals surface area contributed by atoms with Crippen LogP contribution in [0.25, 0.3) is 0 Å². The highest BCUT2D eigenvalue weighted by Crippen LogP contribution is 2.27. The fraction of sp³-hybridized carbons (Fsp3) is 0.727. The highest BCUT2D eigenvalue weighted by Gasteiger charge is 2.24. The molecule has 4 heteroatoms. The van der Waals surface area contributed by atoms with Crippen molar-refractivity contribution in [2.24, 2.45) is 18.7 Å². The van der Waals surface area contributed by atoms with Crippen molar-refractivity contribution in [1.82, 2.24) is 9.78 Å². The van der Waals surface area contributed by atoms with E-state index in [1.165, 1.54) is 17.8 Å². The van der Waals surface area contributed by atoms with E-state index < -0.39 is 0 Å². The molecule has 1 saturated heterocycles. The zero-order chi connectivity index (χ0) is 11.0. The average molecular weight is 208 g/mol. The average Bonchev–Trinajstić information content (AvgIpc) is 2.70. The van der Waals surface area contributed by atoms with Crippen LogP contribution in [0.3, 0.4) is 0 Å². The first-order chi connectivity index (χ1) is 7.13. The third-order valence-corrected chi connectivity index (χ3v) is 3.24. The van der Waals surface area contributed by atoms with E-state index in [0.29, 0.717) is 6.54 Å². The van der Waals surface area contributed by atoms with Crippen molar-refractivity contribution in [1.29, 1.82) is 0 Å². The van der Waals surface area contributed by atoms with Crippen LogP contribution in [0.5, 0.6) is 0 Å². The first kappa shape index (κ1) is 10.5. The summed E-state index contributed by atoms with van der Waals surface area (Å²) < 4.78 is 1.97. The topological polar surface area (TPSA) is 47.1 Å². The molecule has 1 fully saturated rings. The zero-order valence-electron chi connectivity index (χ0n) is 9.82. The van der Waals surface area contributed by atoms with E-state index in [1.807, 2.05) is 18.7 Å². The molecule has 0 radical (unpaired) electrons. The molecule has 2 heterocycles. The molecule has 1 unspecified atom stereocenters. The molecule has 0 bridgehead atoms. The van der Waals surface area contributed by atoms with Gasteiger partial charge in [0.2, 0.25) is 0 Å². The van der Waals surface area contributed by atoms with Crippen LogP contribution in [0.15, 0.2) is 0 Å². The van der Waals surface area contributed by atoms with Crippen molar-refractivity contribution in [3.05, 3.63) is 11.3 Å². The Bertz CT molecular complexity index is 356. The Balaban J connectivity index is 2.34. The van der Waals surface area contributed by atoms with Crippen LogP contribution in [0, 0.1) is 12.8 Å². The van der Waals surface area contributed by atoms with Gasteiger partial charge in [-0.25, -0.2) is 0 Å². The van der Waals surface area contributed by atoms with Crippen LogP contribution in [0.4, 0.5) is 5.82 Å². The van der Waals surface area contributed by atoms with Gasteiger partial charge in [-0.1, -0.05) is 6.92 Å². The fourth-order valence-electron chi connectivity index (χ4n) is 2.45. The lowest BCUT2D eigenvalue weighted by Gasteiger charge is -2.19. The second-order valence-electron chi connectivity index (χ2n) is 4.56. The lowest BCUT2D eigenvalue weighted by molar-refractivity contribution is 0.655. The Labute approximate surface area is 91.1 Å². The summed E-state index contributed by atoms with van der Waals surface area (Å²) in [5.41, 5.74) is 8.05. The Morgan fingerprint density at radius 3 is 2.80 bits per heavy atom. The highest BCUT2D eigenvalue weighted by atomic mass is 15.4. The third kappa shape index (κ3) is 1.74. The molecule has 2 N–H and O–H groups in total. The van der Waals surface area contributed by atoms with Gasteiger partial charge in [-0.2, -0.15) is 5.10 Å². The minimum absolute atomic E-state index is 0.583. The summed E-state index contributed by atoms with van der Waals surface area (Å²) in [6.45, 7) is 7.18. The predicted octanol–water partition coefficient (Wildman–Crippen LogP) is 1.03. The number of hydrogen-bond acceptors (Lipinski definition) is 3. The molecule has 1 aliphatic rings. The number of rotatable bonds is 2. The van der Waals surface area contributed by atoms with Gasteiger partial charge in [-0.15, -0.1) is 0 Å². The summed E-state index contributed by atoms with van der Waals surface area (Å²) in [5, 5.41) is 4.45. The van der Waals surface area contributed by atoms with Crippen LogP contribution in [-0.2, 0) is 13.6 Å². The zero-order valence-corrected chi connectivity index (χ0v) is 9.82. The maximum atomic E-state index is 5.79. The molecule has 15 heavy (non-hydrogen) atoms. The number of aromatic nitrogens is 2.